The van der Waals surface area contributed by atoms with E-state index in [9.17, 15) is 4.79 Å². The lowest BCUT2D eigenvalue weighted by atomic mass is 9.89. The van der Waals surface area contributed by atoms with Gasteiger partial charge in [-0.1, -0.05) is 19.3 Å². The molecule has 1 saturated heterocycles. The van der Waals surface area contributed by atoms with Gasteiger partial charge in [-0.25, -0.2) is 0 Å². The van der Waals surface area contributed by atoms with Crippen molar-refractivity contribution in [3.63, 3.8) is 0 Å². The van der Waals surface area contributed by atoms with Gasteiger partial charge in [0.25, 0.3) is 5.91 Å². The summed E-state index contributed by atoms with van der Waals surface area (Å²) >= 11 is 0. The molecule has 2 fully saturated rings. The molecule has 3 rings (SSSR count). The highest BCUT2D eigenvalue weighted by atomic mass is 16.2. The standard InChI is InChI=1S/C15H24N4O/c16-14-10-13(11-6-8-17-9-7-11)18-19(14)15(20)12-4-2-1-3-5-12/h10-12,17H,1-9,16H2. The van der Waals surface area contributed by atoms with Crippen LogP contribution in [0.2, 0.25) is 0 Å². The Bertz CT molecular complexity index is 470. The molecule has 0 amide bonds. The largest absolute Gasteiger partial charge is 0.383 e. The molecule has 110 valence electrons. The molecule has 1 aromatic heterocycles. The summed E-state index contributed by atoms with van der Waals surface area (Å²) < 4.78 is 1.47. The molecule has 3 N–H and O–H groups in total. The third-order valence-electron chi connectivity index (χ3n) is 4.68. The zero-order chi connectivity index (χ0) is 13.9. The molecule has 1 aliphatic heterocycles. The number of nitrogens with one attached hydrogen (secondary N) is 1. The van der Waals surface area contributed by atoms with E-state index in [-0.39, 0.29) is 11.8 Å². The Labute approximate surface area is 119 Å². The van der Waals surface area contributed by atoms with E-state index in [1.54, 1.807) is 0 Å². The van der Waals surface area contributed by atoms with Crippen molar-refractivity contribution in [1.29, 1.82) is 0 Å². The maximum absolute atomic E-state index is 12.5. The van der Waals surface area contributed by atoms with Crippen LogP contribution in [0.3, 0.4) is 0 Å². The molecular weight excluding hydrogens is 252 g/mol. The number of nitrogen functional groups attached to an aromatic ring is 1. The Morgan fingerprint density at radius 2 is 1.90 bits per heavy atom. The van der Waals surface area contributed by atoms with Crippen molar-refractivity contribution in [2.75, 3.05) is 18.8 Å². The summed E-state index contributed by atoms with van der Waals surface area (Å²) in [6.45, 7) is 2.04. The van der Waals surface area contributed by atoms with Crippen molar-refractivity contribution in [1.82, 2.24) is 15.1 Å². The molecule has 0 radical (unpaired) electrons. The molecule has 1 aliphatic carbocycles. The molecular formula is C15H24N4O. The van der Waals surface area contributed by atoms with Crippen molar-refractivity contribution in [2.24, 2.45) is 5.92 Å². The van der Waals surface area contributed by atoms with Crippen LogP contribution in [-0.2, 0) is 0 Å². The first-order chi connectivity index (χ1) is 9.75. The predicted octanol–water partition coefficient (Wildman–Crippen LogP) is 2.15. The third kappa shape index (κ3) is 2.73. The van der Waals surface area contributed by atoms with Crippen LogP contribution in [0.25, 0.3) is 0 Å². The monoisotopic (exact) mass is 276 g/mol. The molecule has 1 saturated carbocycles. The van der Waals surface area contributed by atoms with Gasteiger partial charge in [0.15, 0.2) is 0 Å². The second-order valence-corrected chi connectivity index (χ2v) is 6.10. The highest BCUT2D eigenvalue weighted by Crippen LogP contribution is 2.28. The predicted molar refractivity (Wildman–Crippen MR) is 78.7 cm³/mol. The number of rotatable bonds is 2. The number of anilines is 1. The first kappa shape index (κ1) is 13.6. The normalized spacial score (nSPS) is 22.0. The van der Waals surface area contributed by atoms with Crippen molar-refractivity contribution in [3.05, 3.63) is 11.8 Å². The molecule has 1 aromatic rings. The Hall–Kier alpha value is -1.36. The molecule has 5 nitrogen and oxygen atoms in total. The molecule has 0 aromatic carbocycles. The van der Waals surface area contributed by atoms with Gasteiger partial charge in [0.05, 0.1) is 5.69 Å². The Morgan fingerprint density at radius 1 is 1.20 bits per heavy atom. The number of hydrogen-bond donors (Lipinski definition) is 2. The molecule has 0 unspecified atom stereocenters. The number of aromatic nitrogens is 2. The SMILES string of the molecule is Nc1cc(C2CCNCC2)nn1C(=O)C1CCCCC1. The van der Waals surface area contributed by atoms with Crippen LogP contribution in [0, 0.1) is 5.92 Å². The average molecular weight is 276 g/mol. The van der Waals surface area contributed by atoms with E-state index in [4.69, 9.17) is 5.73 Å². The van der Waals surface area contributed by atoms with E-state index in [0.717, 1.165) is 57.3 Å². The van der Waals surface area contributed by atoms with Gasteiger partial charge in [0, 0.05) is 17.9 Å². The minimum Gasteiger partial charge on any atom is -0.383 e. The highest BCUT2D eigenvalue weighted by Gasteiger charge is 2.26. The smallest absolute Gasteiger partial charge is 0.251 e. The van der Waals surface area contributed by atoms with Gasteiger partial charge in [-0.3, -0.25) is 4.79 Å². The molecule has 0 atom stereocenters. The first-order valence-corrected chi connectivity index (χ1v) is 7.86. The summed E-state index contributed by atoms with van der Waals surface area (Å²) in [4.78, 5) is 12.5. The highest BCUT2D eigenvalue weighted by molar-refractivity contribution is 5.83. The fourth-order valence-corrected chi connectivity index (χ4v) is 3.43. The topological polar surface area (TPSA) is 72.9 Å². The fourth-order valence-electron chi connectivity index (χ4n) is 3.43. The summed E-state index contributed by atoms with van der Waals surface area (Å²) in [7, 11) is 0. The molecule has 0 bridgehead atoms. The van der Waals surface area contributed by atoms with Gasteiger partial charge in [0.2, 0.25) is 0 Å². The van der Waals surface area contributed by atoms with Gasteiger partial charge in [-0.2, -0.15) is 9.78 Å². The second kappa shape index (κ2) is 5.95. The van der Waals surface area contributed by atoms with E-state index in [1.165, 1.54) is 11.1 Å². The van der Waals surface area contributed by atoms with Crippen LogP contribution in [0.4, 0.5) is 5.82 Å². The van der Waals surface area contributed by atoms with Crippen molar-refractivity contribution in [2.45, 2.75) is 50.9 Å². The molecule has 0 spiro atoms. The van der Waals surface area contributed by atoms with Gasteiger partial charge < -0.3 is 11.1 Å². The number of carbonyl (C=O) groups is 1. The van der Waals surface area contributed by atoms with Crippen LogP contribution in [0.15, 0.2) is 6.07 Å². The van der Waals surface area contributed by atoms with Gasteiger partial charge in [-0.05, 0) is 38.8 Å². The van der Waals surface area contributed by atoms with E-state index < -0.39 is 0 Å². The minimum atomic E-state index is 0.0994. The number of piperidine rings is 1. The first-order valence-electron chi connectivity index (χ1n) is 7.86. The molecule has 2 heterocycles. The number of nitrogens with zero attached hydrogens (tertiary/aromatic N) is 2. The Kier molecular flexibility index (Phi) is 4.05. The van der Waals surface area contributed by atoms with Crippen LogP contribution < -0.4 is 11.1 Å². The van der Waals surface area contributed by atoms with Gasteiger partial charge >= 0.3 is 0 Å². The van der Waals surface area contributed by atoms with Crippen LogP contribution >= 0.6 is 0 Å². The lowest BCUT2D eigenvalue weighted by molar-refractivity contribution is 0.0787. The Morgan fingerprint density at radius 3 is 2.60 bits per heavy atom. The summed E-state index contributed by atoms with van der Waals surface area (Å²) in [5.41, 5.74) is 7.01. The number of hydrogen-bond acceptors (Lipinski definition) is 4. The fraction of sp³-hybridized carbons (Fsp3) is 0.733. The quantitative estimate of drug-likeness (QED) is 0.868. The second-order valence-electron chi connectivity index (χ2n) is 6.10. The molecule has 20 heavy (non-hydrogen) atoms. The maximum Gasteiger partial charge on any atom is 0.251 e. The van der Waals surface area contributed by atoms with E-state index in [1.807, 2.05) is 6.07 Å². The zero-order valence-corrected chi connectivity index (χ0v) is 12.0. The average Bonchev–Trinajstić information content (AvgIpc) is 2.90. The van der Waals surface area contributed by atoms with Crippen molar-refractivity contribution in [3.8, 4) is 0 Å². The minimum absolute atomic E-state index is 0.0994. The van der Waals surface area contributed by atoms with E-state index in [2.05, 4.69) is 10.4 Å². The summed E-state index contributed by atoms with van der Waals surface area (Å²) in [6, 6.07) is 1.90. The van der Waals surface area contributed by atoms with Gasteiger partial charge in [-0.15, -0.1) is 0 Å². The van der Waals surface area contributed by atoms with Gasteiger partial charge in [0.1, 0.15) is 5.82 Å². The maximum atomic E-state index is 12.5. The number of nitrogens with two attached hydrogens (primary N) is 1. The summed E-state index contributed by atoms with van der Waals surface area (Å²) in [6.07, 6.45) is 7.68. The van der Waals surface area contributed by atoms with E-state index in [0.29, 0.717) is 11.7 Å². The Balaban J connectivity index is 1.75. The lowest BCUT2D eigenvalue weighted by Crippen LogP contribution is -2.28. The van der Waals surface area contributed by atoms with Crippen molar-refractivity contribution >= 4 is 11.7 Å². The lowest BCUT2D eigenvalue weighted by Gasteiger charge is -2.21. The summed E-state index contributed by atoms with van der Waals surface area (Å²) in [5, 5.41) is 7.87. The molecule has 2 aliphatic rings. The van der Waals surface area contributed by atoms with Crippen LogP contribution in [-0.4, -0.2) is 28.8 Å². The third-order valence-corrected chi connectivity index (χ3v) is 4.68. The molecule has 5 heteroatoms. The van der Waals surface area contributed by atoms with Crippen molar-refractivity contribution < 1.29 is 4.79 Å². The number of carbonyl (C=O) groups excluding carboxylic acids is 1. The van der Waals surface area contributed by atoms with Crippen LogP contribution in [0.5, 0.6) is 0 Å². The summed E-state index contributed by atoms with van der Waals surface area (Å²) in [5.74, 6) is 1.17. The van der Waals surface area contributed by atoms with Crippen LogP contribution in [0.1, 0.15) is 61.4 Å². The zero-order valence-electron chi connectivity index (χ0n) is 12.0. The van der Waals surface area contributed by atoms with E-state index >= 15 is 0 Å².